The summed E-state index contributed by atoms with van der Waals surface area (Å²) >= 11 is 0. The monoisotopic (exact) mass is 256 g/mol. The smallest absolute Gasteiger partial charge is 0.137 e. The number of aryl methyl sites for hydroxylation is 4. The Morgan fingerprint density at radius 3 is 2.74 bits per heavy atom. The second kappa shape index (κ2) is 5.83. The summed E-state index contributed by atoms with van der Waals surface area (Å²) in [7, 11) is 1.91. The lowest BCUT2D eigenvalue weighted by Crippen LogP contribution is -2.07. The Labute approximate surface area is 114 Å². The Kier molecular flexibility index (Phi) is 4.15. The minimum absolute atomic E-state index is 0.287. The third kappa shape index (κ3) is 3.53. The standard InChI is InChI=1S/C16H20N2O/c1-12-4-5-13(2)14(10-12)11-16(19)7-6-15-8-9-17-18(15)3/h4-5,8-10H,6-7,11H2,1-3H3. The third-order valence-electron chi connectivity index (χ3n) is 3.47. The molecule has 0 amide bonds. The average molecular weight is 256 g/mol. The van der Waals surface area contributed by atoms with Crippen molar-refractivity contribution in [2.75, 3.05) is 0 Å². The van der Waals surface area contributed by atoms with Crippen LogP contribution in [0.25, 0.3) is 0 Å². The minimum Gasteiger partial charge on any atom is -0.299 e. The van der Waals surface area contributed by atoms with Gasteiger partial charge in [0, 0.05) is 31.8 Å². The molecule has 0 saturated heterocycles. The van der Waals surface area contributed by atoms with Gasteiger partial charge in [0.05, 0.1) is 0 Å². The molecule has 0 aliphatic heterocycles. The quantitative estimate of drug-likeness (QED) is 0.824. The molecule has 0 bridgehead atoms. The summed E-state index contributed by atoms with van der Waals surface area (Å²) in [5.74, 6) is 0.287. The first-order valence-electron chi connectivity index (χ1n) is 6.61. The number of benzene rings is 1. The van der Waals surface area contributed by atoms with Gasteiger partial charge in [-0.25, -0.2) is 0 Å². The Bertz CT molecular complexity index is 584. The molecule has 3 nitrogen and oxygen atoms in total. The van der Waals surface area contributed by atoms with Crippen LogP contribution in [0.2, 0.25) is 0 Å². The summed E-state index contributed by atoms with van der Waals surface area (Å²) in [4.78, 5) is 12.1. The van der Waals surface area contributed by atoms with E-state index in [4.69, 9.17) is 0 Å². The minimum atomic E-state index is 0.287. The van der Waals surface area contributed by atoms with Crippen molar-refractivity contribution in [1.82, 2.24) is 9.78 Å². The molecule has 0 atom stereocenters. The molecule has 19 heavy (non-hydrogen) atoms. The predicted octanol–water partition coefficient (Wildman–Crippen LogP) is 2.78. The molecule has 0 radical (unpaired) electrons. The van der Waals surface area contributed by atoms with E-state index in [1.54, 1.807) is 6.20 Å². The SMILES string of the molecule is Cc1ccc(C)c(CC(=O)CCc2ccnn2C)c1. The van der Waals surface area contributed by atoms with Gasteiger partial charge in [-0.05, 0) is 37.5 Å². The molecule has 0 saturated carbocycles. The molecule has 0 unspecified atom stereocenters. The van der Waals surface area contributed by atoms with Crippen LogP contribution in [-0.4, -0.2) is 15.6 Å². The summed E-state index contributed by atoms with van der Waals surface area (Å²) in [6.45, 7) is 4.12. The van der Waals surface area contributed by atoms with Crippen molar-refractivity contribution in [3.05, 3.63) is 52.8 Å². The first kappa shape index (κ1) is 13.5. The lowest BCUT2D eigenvalue weighted by atomic mass is 9.99. The second-order valence-corrected chi connectivity index (χ2v) is 5.09. The molecule has 0 spiro atoms. The van der Waals surface area contributed by atoms with Crippen LogP contribution in [0.5, 0.6) is 0 Å². The second-order valence-electron chi connectivity index (χ2n) is 5.09. The zero-order valence-corrected chi connectivity index (χ0v) is 11.8. The van der Waals surface area contributed by atoms with Gasteiger partial charge in [0.2, 0.25) is 0 Å². The van der Waals surface area contributed by atoms with Crippen molar-refractivity contribution in [2.45, 2.75) is 33.1 Å². The number of hydrogen-bond acceptors (Lipinski definition) is 2. The van der Waals surface area contributed by atoms with Crippen LogP contribution in [0.4, 0.5) is 0 Å². The van der Waals surface area contributed by atoms with Crippen LogP contribution < -0.4 is 0 Å². The number of carbonyl (C=O) groups excluding carboxylic acids is 1. The predicted molar refractivity (Wildman–Crippen MR) is 76.2 cm³/mol. The molecule has 2 rings (SSSR count). The number of hydrogen-bond donors (Lipinski definition) is 0. The van der Waals surface area contributed by atoms with E-state index in [1.807, 2.05) is 17.8 Å². The highest BCUT2D eigenvalue weighted by Gasteiger charge is 2.08. The fourth-order valence-corrected chi connectivity index (χ4v) is 2.21. The van der Waals surface area contributed by atoms with E-state index in [-0.39, 0.29) is 5.78 Å². The maximum Gasteiger partial charge on any atom is 0.137 e. The first-order valence-corrected chi connectivity index (χ1v) is 6.61. The van der Waals surface area contributed by atoms with Crippen LogP contribution in [0, 0.1) is 13.8 Å². The summed E-state index contributed by atoms with van der Waals surface area (Å²) < 4.78 is 1.82. The van der Waals surface area contributed by atoms with Gasteiger partial charge in [0.1, 0.15) is 5.78 Å². The van der Waals surface area contributed by atoms with Gasteiger partial charge in [-0.3, -0.25) is 9.48 Å². The van der Waals surface area contributed by atoms with E-state index < -0.39 is 0 Å². The van der Waals surface area contributed by atoms with Crippen molar-refractivity contribution in [3.8, 4) is 0 Å². The summed E-state index contributed by atoms with van der Waals surface area (Å²) in [6.07, 6.45) is 3.64. The lowest BCUT2D eigenvalue weighted by molar-refractivity contribution is -0.118. The van der Waals surface area contributed by atoms with Gasteiger partial charge in [-0.15, -0.1) is 0 Å². The van der Waals surface area contributed by atoms with E-state index >= 15 is 0 Å². The molecule has 0 aliphatic rings. The maximum absolute atomic E-state index is 12.1. The molecule has 1 aromatic carbocycles. The highest BCUT2D eigenvalue weighted by molar-refractivity contribution is 5.81. The maximum atomic E-state index is 12.1. The molecule has 0 aliphatic carbocycles. The fourth-order valence-electron chi connectivity index (χ4n) is 2.21. The highest BCUT2D eigenvalue weighted by atomic mass is 16.1. The van der Waals surface area contributed by atoms with Crippen molar-refractivity contribution in [3.63, 3.8) is 0 Å². The molecular formula is C16H20N2O. The zero-order chi connectivity index (χ0) is 13.8. The van der Waals surface area contributed by atoms with Crippen LogP contribution in [0.1, 0.15) is 28.8 Å². The Morgan fingerprint density at radius 1 is 1.26 bits per heavy atom. The Balaban J connectivity index is 1.94. The molecule has 100 valence electrons. The Hall–Kier alpha value is -1.90. The van der Waals surface area contributed by atoms with Crippen LogP contribution in [0.3, 0.4) is 0 Å². The molecule has 0 N–H and O–H groups in total. The van der Waals surface area contributed by atoms with E-state index in [0.717, 1.165) is 17.7 Å². The number of rotatable bonds is 5. The van der Waals surface area contributed by atoms with Crippen molar-refractivity contribution < 1.29 is 4.79 Å². The van der Waals surface area contributed by atoms with Gasteiger partial charge in [-0.2, -0.15) is 5.10 Å². The normalized spacial score (nSPS) is 10.7. The summed E-state index contributed by atoms with van der Waals surface area (Å²) in [6, 6.07) is 8.24. The molecular weight excluding hydrogens is 236 g/mol. The van der Waals surface area contributed by atoms with Gasteiger partial charge in [0.15, 0.2) is 0 Å². The highest BCUT2D eigenvalue weighted by Crippen LogP contribution is 2.13. The van der Waals surface area contributed by atoms with E-state index in [0.29, 0.717) is 12.8 Å². The first-order chi connectivity index (χ1) is 9.06. The van der Waals surface area contributed by atoms with Gasteiger partial charge in [0.25, 0.3) is 0 Å². The number of aromatic nitrogens is 2. The Morgan fingerprint density at radius 2 is 2.05 bits per heavy atom. The summed E-state index contributed by atoms with van der Waals surface area (Å²) in [5, 5.41) is 4.11. The average Bonchev–Trinajstić information content (AvgIpc) is 2.77. The number of carbonyl (C=O) groups is 1. The van der Waals surface area contributed by atoms with E-state index in [9.17, 15) is 4.79 Å². The zero-order valence-electron chi connectivity index (χ0n) is 11.8. The van der Waals surface area contributed by atoms with Gasteiger partial charge < -0.3 is 0 Å². The molecule has 0 fully saturated rings. The lowest BCUT2D eigenvalue weighted by Gasteiger charge is -2.07. The van der Waals surface area contributed by atoms with Crippen LogP contribution in [-0.2, 0) is 24.7 Å². The van der Waals surface area contributed by atoms with E-state index in [1.165, 1.54) is 11.1 Å². The van der Waals surface area contributed by atoms with Crippen molar-refractivity contribution in [2.24, 2.45) is 7.05 Å². The fraction of sp³-hybridized carbons (Fsp3) is 0.375. The molecule has 1 aromatic heterocycles. The summed E-state index contributed by atoms with van der Waals surface area (Å²) in [5.41, 5.74) is 4.66. The molecule has 3 heteroatoms. The van der Waals surface area contributed by atoms with Crippen molar-refractivity contribution >= 4 is 5.78 Å². The van der Waals surface area contributed by atoms with Crippen LogP contribution in [0.15, 0.2) is 30.5 Å². The topological polar surface area (TPSA) is 34.9 Å². The van der Waals surface area contributed by atoms with E-state index in [2.05, 4.69) is 37.1 Å². The number of nitrogens with zero attached hydrogens (tertiary/aromatic N) is 2. The van der Waals surface area contributed by atoms with Gasteiger partial charge in [-0.1, -0.05) is 23.8 Å². The van der Waals surface area contributed by atoms with Crippen LogP contribution >= 0.6 is 0 Å². The number of Topliss-reactive ketones (excluding diaryl/α,β-unsaturated/α-hetero) is 1. The molecule has 2 aromatic rings. The number of ketones is 1. The third-order valence-corrected chi connectivity index (χ3v) is 3.47. The van der Waals surface area contributed by atoms with Crippen molar-refractivity contribution in [1.29, 1.82) is 0 Å². The molecule has 1 heterocycles. The van der Waals surface area contributed by atoms with Gasteiger partial charge >= 0.3 is 0 Å². The largest absolute Gasteiger partial charge is 0.299 e.